The van der Waals surface area contributed by atoms with E-state index in [1.807, 2.05) is 43.3 Å². The van der Waals surface area contributed by atoms with Crippen molar-refractivity contribution in [1.82, 2.24) is 15.3 Å². The number of aromatic nitrogens is 2. The number of benzene rings is 1. The Morgan fingerprint density at radius 2 is 2.15 bits per heavy atom. The molecule has 0 aliphatic heterocycles. The second kappa shape index (κ2) is 5.46. The zero-order valence-corrected chi connectivity index (χ0v) is 12.0. The average molecular weight is 285 g/mol. The SMILES string of the molecule is Cc1ccc(C(=O)NCCc2nc3ccccc3[nH]2)s1. The third kappa shape index (κ3) is 2.72. The highest BCUT2D eigenvalue weighted by molar-refractivity contribution is 7.13. The number of aromatic amines is 1. The van der Waals surface area contributed by atoms with E-state index in [1.165, 1.54) is 11.3 Å². The molecule has 0 spiro atoms. The van der Waals surface area contributed by atoms with E-state index in [-0.39, 0.29) is 5.91 Å². The lowest BCUT2D eigenvalue weighted by Crippen LogP contribution is -2.25. The number of imidazole rings is 1. The van der Waals surface area contributed by atoms with Crippen LogP contribution in [0.5, 0.6) is 0 Å². The summed E-state index contributed by atoms with van der Waals surface area (Å²) in [6.45, 7) is 2.57. The second-order valence-electron chi connectivity index (χ2n) is 4.62. The first-order valence-corrected chi connectivity index (χ1v) is 7.32. The van der Waals surface area contributed by atoms with Crippen LogP contribution in [0.2, 0.25) is 0 Å². The largest absolute Gasteiger partial charge is 0.351 e. The molecule has 0 saturated heterocycles. The molecule has 2 heterocycles. The van der Waals surface area contributed by atoms with E-state index >= 15 is 0 Å². The number of fused-ring (bicyclic) bond motifs is 1. The highest BCUT2D eigenvalue weighted by Crippen LogP contribution is 2.14. The fourth-order valence-electron chi connectivity index (χ4n) is 2.06. The fraction of sp³-hybridized carbons (Fsp3) is 0.200. The third-order valence-corrected chi connectivity index (χ3v) is 4.05. The average Bonchev–Trinajstić information content (AvgIpc) is 3.04. The van der Waals surface area contributed by atoms with E-state index in [0.717, 1.165) is 26.6 Å². The highest BCUT2D eigenvalue weighted by Gasteiger charge is 2.08. The van der Waals surface area contributed by atoms with E-state index in [4.69, 9.17) is 0 Å². The molecule has 2 aromatic heterocycles. The number of carbonyl (C=O) groups is 1. The first-order valence-electron chi connectivity index (χ1n) is 6.50. The topological polar surface area (TPSA) is 57.8 Å². The van der Waals surface area contributed by atoms with Crippen molar-refractivity contribution in [1.29, 1.82) is 0 Å². The van der Waals surface area contributed by atoms with Crippen molar-refractivity contribution in [2.75, 3.05) is 6.54 Å². The molecule has 0 saturated carbocycles. The summed E-state index contributed by atoms with van der Waals surface area (Å²) in [4.78, 5) is 21.5. The van der Waals surface area contributed by atoms with Gasteiger partial charge in [-0.3, -0.25) is 4.79 Å². The van der Waals surface area contributed by atoms with Crippen molar-refractivity contribution < 1.29 is 4.79 Å². The van der Waals surface area contributed by atoms with E-state index in [9.17, 15) is 4.79 Å². The van der Waals surface area contributed by atoms with Crippen molar-refractivity contribution in [3.05, 3.63) is 52.0 Å². The molecule has 0 aliphatic rings. The lowest BCUT2D eigenvalue weighted by atomic mass is 10.3. The molecule has 5 heteroatoms. The van der Waals surface area contributed by atoms with E-state index in [2.05, 4.69) is 15.3 Å². The maximum atomic E-state index is 11.9. The molecule has 1 aromatic carbocycles. The Hall–Kier alpha value is -2.14. The van der Waals surface area contributed by atoms with Gasteiger partial charge in [0.25, 0.3) is 5.91 Å². The number of rotatable bonds is 4. The van der Waals surface area contributed by atoms with Crippen LogP contribution < -0.4 is 5.32 Å². The normalized spacial score (nSPS) is 10.8. The molecule has 0 fully saturated rings. The zero-order chi connectivity index (χ0) is 13.9. The van der Waals surface area contributed by atoms with E-state index in [0.29, 0.717) is 13.0 Å². The number of H-pyrrole nitrogens is 1. The lowest BCUT2D eigenvalue weighted by molar-refractivity contribution is 0.0958. The number of hydrogen-bond acceptors (Lipinski definition) is 3. The molecule has 3 rings (SSSR count). The predicted octanol–water partition coefficient (Wildman–Crippen LogP) is 2.91. The molecule has 0 radical (unpaired) electrons. The number of carbonyl (C=O) groups excluding carboxylic acids is 1. The summed E-state index contributed by atoms with van der Waals surface area (Å²) < 4.78 is 0. The third-order valence-electron chi connectivity index (χ3n) is 3.05. The van der Waals surface area contributed by atoms with Gasteiger partial charge >= 0.3 is 0 Å². The maximum Gasteiger partial charge on any atom is 0.261 e. The molecule has 4 nitrogen and oxygen atoms in total. The lowest BCUT2D eigenvalue weighted by Gasteiger charge is -2.01. The standard InChI is InChI=1S/C15H15N3OS/c1-10-6-7-13(20-10)15(19)16-9-8-14-17-11-4-2-3-5-12(11)18-14/h2-7H,8-9H2,1H3,(H,16,19)(H,17,18). The smallest absolute Gasteiger partial charge is 0.261 e. The van der Waals surface area contributed by atoms with Crippen LogP contribution in [0.15, 0.2) is 36.4 Å². The Labute approximate surface area is 120 Å². The molecule has 102 valence electrons. The van der Waals surface area contributed by atoms with Gasteiger partial charge < -0.3 is 10.3 Å². The van der Waals surface area contributed by atoms with Crippen LogP contribution in [0, 0.1) is 6.92 Å². The summed E-state index contributed by atoms with van der Waals surface area (Å²) in [5.74, 6) is 0.882. The Morgan fingerprint density at radius 3 is 2.90 bits per heavy atom. The van der Waals surface area contributed by atoms with Crippen molar-refractivity contribution in [2.24, 2.45) is 0 Å². The number of nitrogens with one attached hydrogen (secondary N) is 2. The molecular formula is C15H15N3OS. The zero-order valence-electron chi connectivity index (χ0n) is 11.1. The molecular weight excluding hydrogens is 270 g/mol. The first-order chi connectivity index (χ1) is 9.72. The van der Waals surface area contributed by atoms with Crippen LogP contribution >= 0.6 is 11.3 Å². The summed E-state index contributed by atoms with van der Waals surface area (Å²) in [7, 11) is 0. The Bertz CT molecular complexity index is 711. The van der Waals surface area contributed by atoms with Crippen molar-refractivity contribution in [3.8, 4) is 0 Å². The van der Waals surface area contributed by atoms with Crippen molar-refractivity contribution in [2.45, 2.75) is 13.3 Å². The Kier molecular flexibility index (Phi) is 3.52. The van der Waals surface area contributed by atoms with Gasteiger partial charge in [-0.25, -0.2) is 4.98 Å². The summed E-state index contributed by atoms with van der Waals surface area (Å²) in [5, 5.41) is 2.92. The first kappa shape index (κ1) is 12.9. The quantitative estimate of drug-likeness (QED) is 0.774. The fourth-order valence-corrected chi connectivity index (χ4v) is 2.85. The summed E-state index contributed by atoms with van der Waals surface area (Å²) in [6.07, 6.45) is 0.699. The molecule has 0 atom stereocenters. The molecule has 0 bridgehead atoms. The monoisotopic (exact) mass is 285 g/mol. The Balaban J connectivity index is 1.58. The summed E-state index contributed by atoms with van der Waals surface area (Å²) >= 11 is 1.51. The summed E-state index contributed by atoms with van der Waals surface area (Å²) in [5.41, 5.74) is 1.99. The molecule has 2 N–H and O–H groups in total. The minimum atomic E-state index is -0.0146. The van der Waals surface area contributed by atoms with Gasteiger partial charge in [-0.15, -0.1) is 11.3 Å². The van der Waals surface area contributed by atoms with Gasteiger partial charge in [-0.05, 0) is 31.2 Å². The van der Waals surface area contributed by atoms with Gasteiger partial charge in [0.15, 0.2) is 0 Å². The summed E-state index contributed by atoms with van der Waals surface area (Å²) in [6, 6.07) is 11.7. The van der Waals surface area contributed by atoms with E-state index < -0.39 is 0 Å². The van der Waals surface area contributed by atoms with Crippen LogP contribution in [-0.2, 0) is 6.42 Å². The second-order valence-corrected chi connectivity index (χ2v) is 5.90. The van der Waals surface area contributed by atoms with Crippen LogP contribution in [0.1, 0.15) is 20.4 Å². The molecule has 20 heavy (non-hydrogen) atoms. The maximum absolute atomic E-state index is 11.9. The van der Waals surface area contributed by atoms with Gasteiger partial charge in [-0.1, -0.05) is 12.1 Å². The highest BCUT2D eigenvalue weighted by atomic mass is 32.1. The van der Waals surface area contributed by atoms with Gasteiger partial charge in [-0.2, -0.15) is 0 Å². The molecule has 1 amide bonds. The number of para-hydroxylation sites is 2. The van der Waals surface area contributed by atoms with Gasteiger partial charge in [0.2, 0.25) is 0 Å². The van der Waals surface area contributed by atoms with Gasteiger partial charge in [0.1, 0.15) is 5.82 Å². The molecule has 0 aliphatic carbocycles. The van der Waals surface area contributed by atoms with Crippen LogP contribution in [0.3, 0.4) is 0 Å². The molecule has 0 unspecified atom stereocenters. The number of aryl methyl sites for hydroxylation is 1. The van der Waals surface area contributed by atoms with Crippen LogP contribution in [0.4, 0.5) is 0 Å². The number of thiophene rings is 1. The van der Waals surface area contributed by atoms with Crippen LogP contribution in [-0.4, -0.2) is 22.4 Å². The predicted molar refractivity (Wildman–Crippen MR) is 81.2 cm³/mol. The van der Waals surface area contributed by atoms with Crippen molar-refractivity contribution in [3.63, 3.8) is 0 Å². The minimum absolute atomic E-state index is 0.0146. The molecule has 3 aromatic rings. The van der Waals surface area contributed by atoms with Gasteiger partial charge in [0, 0.05) is 17.8 Å². The Morgan fingerprint density at radius 1 is 1.30 bits per heavy atom. The van der Waals surface area contributed by atoms with Crippen molar-refractivity contribution >= 4 is 28.3 Å². The van der Waals surface area contributed by atoms with Crippen LogP contribution in [0.25, 0.3) is 11.0 Å². The van der Waals surface area contributed by atoms with Gasteiger partial charge in [0.05, 0.1) is 15.9 Å². The van der Waals surface area contributed by atoms with E-state index in [1.54, 1.807) is 0 Å². The number of amides is 1. The minimum Gasteiger partial charge on any atom is -0.351 e. The number of nitrogens with zero attached hydrogens (tertiary/aromatic N) is 1. The number of hydrogen-bond donors (Lipinski definition) is 2.